The number of ether oxygens (including phenoxy) is 3. The third-order valence-electron chi connectivity index (χ3n) is 4.87. The van der Waals surface area contributed by atoms with Crippen LogP contribution < -0.4 is 14.8 Å². The Morgan fingerprint density at radius 3 is 2.24 bits per heavy atom. The van der Waals surface area contributed by atoms with Crippen molar-refractivity contribution in [3.8, 4) is 17.2 Å². The van der Waals surface area contributed by atoms with E-state index in [1.165, 1.54) is 26.0 Å². The lowest BCUT2D eigenvalue weighted by Gasteiger charge is -2.17. The number of benzene rings is 2. The van der Waals surface area contributed by atoms with Crippen LogP contribution in [0.5, 0.6) is 11.5 Å². The zero-order chi connectivity index (χ0) is 24.0. The number of nitrogens with zero attached hydrogens (tertiary/aromatic N) is 3. The summed E-state index contributed by atoms with van der Waals surface area (Å²) < 4.78 is 17.8. The smallest absolute Gasteiger partial charge is 0.338 e. The quantitative estimate of drug-likeness (QED) is 0.371. The zero-order valence-corrected chi connectivity index (χ0v) is 19.9. The predicted octanol–water partition coefficient (Wildman–Crippen LogP) is 3.89. The second kappa shape index (κ2) is 10.9. The number of carbonyl (C=O) groups is 2. The summed E-state index contributed by atoms with van der Waals surface area (Å²) >= 11 is 1.48. The molecule has 9 nitrogen and oxygen atoms in total. The number of hydrogen-bond acceptors (Lipinski definition) is 8. The minimum absolute atomic E-state index is 0.313. The molecule has 1 aromatic heterocycles. The fraction of sp³-hybridized carbons (Fsp3) is 0.304. The van der Waals surface area contributed by atoms with Crippen LogP contribution in [0.25, 0.3) is 5.69 Å². The van der Waals surface area contributed by atoms with Crippen molar-refractivity contribution >= 4 is 29.3 Å². The Labute approximate surface area is 196 Å². The predicted molar refractivity (Wildman–Crippen MR) is 126 cm³/mol. The fourth-order valence-corrected chi connectivity index (χ4v) is 3.68. The third-order valence-corrected chi connectivity index (χ3v) is 5.50. The molecular weight excluding hydrogens is 444 g/mol. The monoisotopic (exact) mass is 470 g/mol. The summed E-state index contributed by atoms with van der Waals surface area (Å²) in [6.07, 6.45) is 1.27. The van der Waals surface area contributed by atoms with E-state index < -0.39 is 18.0 Å². The van der Waals surface area contributed by atoms with Crippen LogP contribution in [-0.2, 0) is 9.53 Å². The number of methoxy groups -OCH3 is 2. The highest BCUT2D eigenvalue weighted by molar-refractivity contribution is 7.98. The lowest BCUT2D eigenvalue weighted by Crippen LogP contribution is -2.32. The van der Waals surface area contributed by atoms with E-state index in [0.717, 1.165) is 16.7 Å². The van der Waals surface area contributed by atoms with E-state index in [1.54, 1.807) is 49.4 Å². The van der Waals surface area contributed by atoms with Gasteiger partial charge in [0.1, 0.15) is 17.3 Å². The highest BCUT2D eigenvalue weighted by Gasteiger charge is 2.23. The molecular formula is C23H26N4O5S. The van der Waals surface area contributed by atoms with Gasteiger partial charge in [-0.2, -0.15) is 0 Å². The Morgan fingerprint density at radius 1 is 1.06 bits per heavy atom. The summed E-state index contributed by atoms with van der Waals surface area (Å²) in [4.78, 5) is 25.4. The van der Waals surface area contributed by atoms with Gasteiger partial charge in [0, 0.05) is 29.6 Å². The first kappa shape index (κ1) is 24.1. The molecule has 0 saturated heterocycles. The molecule has 1 amide bonds. The van der Waals surface area contributed by atoms with Crippen LogP contribution >= 0.6 is 11.8 Å². The minimum atomic E-state index is -0.961. The Hall–Kier alpha value is -3.53. The maximum Gasteiger partial charge on any atom is 0.338 e. The standard InChI is InChI=1S/C23H26N4O5S/c1-6-20(21(28)24-16-11-18(30-3)13-19(12-16)31-4)32-22(29)15-7-9-17(10-8-15)27-14(2)25-26-23(27)33-5/h7-13,20H,6H2,1-5H3,(H,24,28). The van der Waals surface area contributed by atoms with E-state index in [4.69, 9.17) is 14.2 Å². The summed E-state index contributed by atoms with van der Waals surface area (Å²) in [5.74, 6) is 0.775. The molecule has 0 bridgehead atoms. The number of hydrogen-bond donors (Lipinski definition) is 1. The van der Waals surface area contributed by atoms with Crippen molar-refractivity contribution in [3.05, 3.63) is 53.9 Å². The number of amides is 1. The van der Waals surface area contributed by atoms with Gasteiger partial charge >= 0.3 is 5.97 Å². The minimum Gasteiger partial charge on any atom is -0.497 e. The van der Waals surface area contributed by atoms with Crippen molar-refractivity contribution < 1.29 is 23.8 Å². The van der Waals surface area contributed by atoms with Crippen LogP contribution in [0.4, 0.5) is 5.69 Å². The summed E-state index contributed by atoms with van der Waals surface area (Å²) in [6.45, 7) is 3.63. The number of rotatable bonds is 9. The van der Waals surface area contributed by atoms with Gasteiger partial charge in [-0.15, -0.1) is 10.2 Å². The second-order valence-electron chi connectivity index (χ2n) is 7.01. The van der Waals surface area contributed by atoms with E-state index >= 15 is 0 Å². The van der Waals surface area contributed by atoms with Gasteiger partial charge in [0.15, 0.2) is 11.3 Å². The summed E-state index contributed by atoms with van der Waals surface area (Å²) in [5.41, 5.74) is 1.64. The van der Waals surface area contributed by atoms with Gasteiger partial charge in [-0.1, -0.05) is 18.7 Å². The van der Waals surface area contributed by atoms with Gasteiger partial charge in [0.05, 0.1) is 19.8 Å². The first-order valence-corrected chi connectivity index (χ1v) is 11.4. The fourth-order valence-electron chi connectivity index (χ4n) is 3.14. The van der Waals surface area contributed by atoms with Gasteiger partial charge < -0.3 is 19.5 Å². The van der Waals surface area contributed by atoms with E-state index in [-0.39, 0.29) is 0 Å². The molecule has 10 heteroatoms. The number of nitrogens with one attached hydrogen (secondary N) is 1. The van der Waals surface area contributed by atoms with E-state index in [1.807, 2.05) is 17.7 Å². The van der Waals surface area contributed by atoms with Gasteiger partial charge in [-0.25, -0.2) is 4.79 Å². The van der Waals surface area contributed by atoms with E-state index in [9.17, 15) is 9.59 Å². The van der Waals surface area contributed by atoms with Crippen molar-refractivity contribution in [1.29, 1.82) is 0 Å². The maximum absolute atomic E-state index is 12.7. The number of anilines is 1. The Kier molecular flexibility index (Phi) is 7.94. The molecule has 1 heterocycles. The molecule has 1 N–H and O–H groups in total. The third kappa shape index (κ3) is 5.64. The van der Waals surface area contributed by atoms with Gasteiger partial charge in [0.25, 0.3) is 5.91 Å². The zero-order valence-electron chi connectivity index (χ0n) is 19.1. The number of aryl methyl sites for hydroxylation is 1. The van der Waals surface area contributed by atoms with Crippen LogP contribution in [0.2, 0.25) is 0 Å². The Balaban J connectivity index is 1.70. The van der Waals surface area contributed by atoms with E-state index in [0.29, 0.717) is 29.2 Å². The first-order chi connectivity index (χ1) is 15.9. The van der Waals surface area contributed by atoms with Crippen LogP contribution in [-0.4, -0.2) is 53.2 Å². The largest absolute Gasteiger partial charge is 0.497 e. The molecule has 3 rings (SSSR count). The molecule has 0 aliphatic rings. The SMILES string of the molecule is CCC(OC(=O)c1ccc(-n2c(C)nnc2SC)cc1)C(=O)Nc1cc(OC)cc(OC)c1. The van der Waals surface area contributed by atoms with Crippen molar-refractivity contribution in [2.24, 2.45) is 0 Å². The average molecular weight is 471 g/mol. The lowest BCUT2D eigenvalue weighted by atomic mass is 10.2. The van der Waals surface area contributed by atoms with Crippen molar-refractivity contribution in [3.63, 3.8) is 0 Å². The molecule has 1 atom stereocenters. The number of esters is 1. The molecule has 3 aromatic rings. The van der Waals surface area contributed by atoms with Crippen LogP contribution in [0.3, 0.4) is 0 Å². The molecule has 0 fully saturated rings. The van der Waals surface area contributed by atoms with Crippen LogP contribution in [0, 0.1) is 6.92 Å². The normalized spacial score (nSPS) is 11.5. The lowest BCUT2D eigenvalue weighted by molar-refractivity contribution is -0.124. The molecule has 0 spiro atoms. The van der Waals surface area contributed by atoms with Crippen LogP contribution in [0.15, 0.2) is 47.6 Å². The molecule has 2 aromatic carbocycles. The topological polar surface area (TPSA) is 105 Å². The molecule has 0 saturated carbocycles. The van der Waals surface area contributed by atoms with Crippen molar-refractivity contribution in [2.45, 2.75) is 31.5 Å². The van der Waals surface area contributed by atoms with Gasteiger partial charge in [-0.05, 0) is 43.9 Å². The molecule has 0 radical (unpaired) electrons. The second-order valence-corrected chi connectivity index (χ2v) is 7.78. The number of aromatic nitrogens is 3. The molecule has 0 aliphatic heterocycles. The van der Waals surface area contributed by atoms with Crippen LogP contribution in [0.1, 0.15) is 29.5 Å². The summed E-state index contributed by atoms with van der Waals surface area (Å²) in [5, 5.41) is 11.7. The highest BCUT2D eigenvalue weighted by atomic mass is 32.2. The molecule has 174 valence electrons. The Bertz CT molecular complexity index is 1110. The molecule has 33 heavy (non-hydrogen) atoms. The van der Waals surface area contributed by atoms with Gasteiger partial charge in [-0.3, -0.25) is 9.36 Å². The summed E-state index contributed by atoms with van der Waals surface area (Å²) in [7, 11) is 3.05. The summed E-state index contributed by atoms with van der Waals surface area (Å²) in [6, 6.07) is 11.9. The average Bonchev–Trinajstić information content (AvgIpc) is 3.22. The first-order valence-electron chi connectivity index (χ1n) is 10.2. The highest BCUT2D eigenvalue weighted by Crippen LogP contribution is 2.26. The number of thioether (sulfide) groups is 1. The van der Waals surface area contributed by atoms with E-state index in [2.05, 4.69) is 15.5 Å². The molecule has 1 unspecified atom stereocenters. The van der Waals surface area contributed by atoms with Gasteiger partial charge in [0.2, 0.25) is 0 Å². The van der Waals surface area contributed by atoms with Crippen molar-refractivity contribution in [1.82, 2.24) is 14.8 Å². The van der Waals surface area contributed by atoms with Crippen molar-refractivity contribution in [2.75, 3.05) is 25.8 Å². The Morgan fingerprint density at radius 2 is 1.70 bits per heavy atom. The molecule has 0 aliphatic carbocycles. The number of carbonyl (C=O) groups excluding carboxylic acids is 2. The maximum atomic E-state index is 12.7.